The van der Waals surface area contributed by atoms with Crippen LogP contribution in [0.2, 0.25) is 0 Å². The van der Waals surface area contributed by atoms with Crippen molar-refractivity contribution in [1.29, 1.82) is 0 Å². The van der Waals surface area contributed by atoms with Crippen LogP contribution in [0.4, 0.5) is 0 Å². The molecule has 68 valence electrons. The molecule has 1 heteroatoms. The van der Waals surface area contributed by atoms with Gasteiger partial charge in [0.15, 0.2) is 0 Å². The van der Waals surface area contributed by atoms with E-state index in [1.54, 1.807) is 0 Å². The number of hydrogen-bond acceptors (Lipinski definition) is 1. The number of hydrogen-bond donors (Lipinski definition) is 0. The van der Waals surface area contributed by atoms with Crippen LogP contribution < -0.4 is 0 Å². The molecule has 0 bridgehead atoms. The van der Waals surface area contributed by atoms with Gasteiger partial charge in [-0.05, 0) is 33.7 Å². The molecule has 0 saturated heterocycles. The molecule has 0 unspecified atom stereocenters. The first-order chi connectivity index (χ1) is 4.88. The molecule has 0 saturated carbocycles. The lowest BCUT2D eigenvalue weighted by Crippen LogP contribution is -2.40. The summed E-state index contributed by atoms with van der Waals surface area (Å²) in [5.74, 6) is 0.819. The maximum Gasteiger partial charge on any atom is 0.0122 e. The van der Waals surface area contributed by atoms with Gasteiger partial charge in [0.2, 0.25) is 0 Å². The molecule has 0 aliphatic heterocycles. The van der Waals surface area contributed by atoms with Crippen LogP contribution in [0.15, 0.2) is 0 Å². The van der Waals surface area contributed by atoms with Gasteiger partial charge < -0.3 is 4.90 Å². The van der Waals surface area contributed by atoms with E-state index in [2.05, 4.69) is 46.6 Å². The minimum absolute atomic E-state index is 0.323. The maximum atomic E-state index is 2.42. The van der Waals surface area contributed by atoms with E-state index in [9.17, 15) is 0 Å². The van der Waals surface area contributed by atoms with Crippen molar-refractivity contribution in [3.8, 4) is 0 Å². The van der Waals surface area contributed by atoms with E-state index in [4.69, 9.17) is 0 Å². The van der Waals surface area contributed by atoms with E-state index in [1.165, 1.54) is 13.0 Å². The van der Waals surface area contributed by atoms with Crippen LogP contribution >= 0.6 is 0 Å². The van der Waals surface area contributed by atoms with Crippen molar-refractivity contribution in [2.75, 3.05) is 13.6 Å². The second-order valence-electron chi connectivity index (χ2n) is 4.56. The lowest BCUT2D eigenvalue weighted by atomic mass is 10.0. The van der Waals surface area contributed by atoms with Crippen LogP contribution in [0, 0.1) is 5.92 Å². The standard InChI is InChI=1S/C10H23N/c1-7-9(2)8-11(6)10(3,4)5/h9H,7-8H2,1-6H3/t9-/m0/s1. The highest BCUT2D eigenvalue weighted by Crippen LogP contribution is 2.13. The van der Waals surface area contributed by atoms with E-state index in [1.807, 2.05) is 0 Å². The lowest BCUT2D eigenvalue weighted by molar-refractivity contribution is 0.151. The molecule has 1 atom stereocenters. The lowest BCUT2D eigenvalue weighted by Gasteiger charge is -2.33. The first-order valence-electron chi connectivity index (χ1n) is 4.59. The first-order valence-corrected chi connectivity index (χ1v) is 4.59. The van der Waals surface area contributed by atoms with E-state index < -0.39 is 0 Å². The second-order valence-corrected chi connectivity index (χ2v) is 4.56. The summed E-state index contributed by atoms with van der Waals surface area (Å²) in [5, 5.41) is 0. The molecule has 1 nitrogen and oxygen atoms in total. The van der Waals surface area contributed by atoms with Crippen molar-refractivity contribution >= 4 is 0 Å². The average Bonchev–Trinajstić information content (AvgIpc) is 1.85. The van der Waals surface area contributed by atoms with Gasteiger partial charge in [-0.1, -0.05) is 20.3 Å². The summed E-state index contributed by atoms with van der Waals surface area (Å²) < 4.78 is 0. The maximum absolute atomic E-state index is 2.42. The quantitative estimate of drug-likeness (QED) is 0.609. The van der Waals surface area contributed by atoms with Gasteiger partial charge in [-0.3, -0.25) is 0 Å². The molecule has 0 aromatic carbocycles. The van der Waals surface area contributed by atoms with Crippen molar-refractivity contribution in [3.05, 3.63) is 0 Å². The molecular formula is C10H23N. The minimum Gasteiger partial charge on any atom is -0.301 e. The van der Waals surface area contributed by atoms with Crippen LogP contribution in [-0.2, 0) is 0 Å². The Kier molecular flexibility index (Phi) is 4.09. The summed E-state index contributed by atoms with van der Waals surface area (Å²) >= 11 is 0. The van der Waals surface area contributed by atoms with Gasteiger partial charge in [0.05, 0.1) is 0 Å². The second kappa shape index (κ2) is 4.10. The van der Waals surface area contributed by atoms with E-state index in [-0.39, 0.29) is 0 Å². The zero-order valence-electron chi connectivity index (χ0n) is 8.94. The SMILES string of the molecule is CC[C@H](C)CN(C)C(C)(C)C. The van der Waals surface area contributed by atoms with Gasteiger partial charge in [-0.2, -0.15) is 0 Å². The molecule has 0 amide bonds. The molecule has 11 heavy (non-hydrogen) atoms. The van der Waals surface area contributed by atoms with Crippen molar-refractivity contribution in [2.45, 2.75) is 46.6 Å². The van der Waals surface area contributed by atoms with E-state index in [0.29, 0.717) is 5.54 Å². The van der Waals surface area contributed by atoms with Crippen molar-refractivity contribution in [1.82, 2.24) is 4.90 Å². The fourth-order valence-electron chi connectivity index (χ4n) is 0.870. The topological polar surface area (TPSA) is 3.24 Å². The Balaban J connectivity index is 3.77. The molecule has 0 spiro atoms. The predicted molar refractivity (Wildman–Crippen MR) is 51.8 cm³/mol. The third kappa shape index (κ3) is 4.41. The Hall–Kier alpha value is -0.0400. The zero-order chi connectivity index (χ0) is 9.07. The van der Waals surface area contributed by atoms with E-state index in [0.717, 1.165) is 5.92 Å². The van der Waals surface area contributed by atoms with Gasteiger partial charge in [-0.15, -0.1) is 0 Å². The zero-order valence-corrected chi connectivity index (χ0v) is 8.94. The molecule has 0 aromatic heterocycles. The molecule has 0 fully saturated rings. The highest BCUT2D eigenvalue weighted by molar-refractivity contribution is 4.73. The molecular weight excluding hydrogens is 134 g/mol. The fourth-order valence-corrected chi connectivity index (χ4v) is 0.870. The number of nitrogens with zero attached hydrogens (tertiary/aromatic N) is 1. The average molecular weight is 157 g/mol. The van der Waals surface area contributed by atoms with Gasteiger partial charge in [0.1, 0.15) is 0 Å². The summed E-state index contributed by atoms with van der Waals surface area (Å²) in [6.45, 7) is 12.5. The number of rotatable bonds is 3. The Morgan fingerprint density at radius 2 is 1.73 bits per heavy atom. The van der Waals surface area contributed by atoms with Crippen LogP contribution in [0.5, 0.6) is 0 Å². The fraction of sp³-hybridized carbons (Fsp3) is 1.00. The highest BCUT2D eigenvalue weighted by Gasteiger charge is 2.17. The van der Waals surface area contributed by atoms with Gasteiger partial charge in [0, 0.05) is 12.1 Å². The van der Waals surface area contributed by atoms with Crippen molar-refractivity contribution in [2.24, 2.45) is 5.92 Å². The van der Waals surface area contributed by atoms with Crippen LogP contribution in [0.3, 0.4) is 0 Å². The third-order valence-corrected chi connectivity index (χ3v) is 2.43. The van der Waals surface area contributed by atoms with Crippen molar-refractivity contribution < 1.29 is 0 Å². The van der Waals surface area contributed by atoms with Gasteiger partial charge >= 0.3 is 0 Å². The summed E-state index contributed by atoms with van der Waals surface area (Å²) in [4.78, 5) is 2.42. The Morgan fingerprint density at radius 1 is 1.27 bits per heavy atom. The van der Waals surface area contributed by atoms with Crippen LogP contribution in [0.1, 0.15) is 41.0 Å². The minimum atomic E-state index is 0.323. The van der Waals surface area contributed by atoms with Crippen LogP contribution in [0.25, 0.3) is 0 Å². The predicted octanol–water partition coefficient (Wildman–Crippen LogP) is 2.76. The molecule has 0 rings (SSSR count). The molecule has 0 heterocycles. The summed E-state index contributed by atoms with van der Waals surface area (Å²) in [7, 11) is 2.20. The summed E-state index contributed by atoms with van der Waals surface area (Å²) in [6.07, 6.45) is 1.28. The largest absolute Gasteiger partial charge is 0.301 e. The Labute approximate surface area is 71.8 Å². The van der Waals surface area contributed by atoms with Crippen LogP contribution in [-0.4, -0.2) is 24.0 Å². The highest BCUT2D eigenvalue weighted by atomic mass is 15.2. The smallest absolute Gasteiger partial charge is 0.0122 e. The Morgan fingerprint density at radius 3 is 2.00 bits per heavy atom. The summed E-state index contributed by atoms with van der Waals surface area (Å²) in [6, 6.07) is 0. The first kappa shape index (κ1) is 11.0. The van der Waals surface area contributed by atoms with Crippen molar-refractivity contribution in [3.63, 3.8) is 0 Å². The molecule has 0 N–H and O–H groups in total. The third-order valence-electron chi connectivity index (χ3n) is 2.43. The van der Waals surface area contributed by atoms with Gasteiger partial charge in [0.25, 0.3) is 0 Å². The molecule has 0 aliphatic carbocycles. The molecule has 0 aromatic rings. The summed E-state index contributed by atoms with van der Waals surface area (Å²) in [5.41, 5.74) is 0.323. The monoisotopic (exact) mass is 157 g/mol. The molecule has 0 radical (unpaired) electrons. The van der Waals surface area contributed by atoms with Gasteiger partial charge in [-0.25, -0.2) is 0 Å². The van der Waals surface area contributed by atoms with E-state index >= 15 is 0 Å². The Bertz CT molecular complexity index is 102. The normalized spacial score (nSPS) is 15.5. The molecule has 0 aliphatic rings.